The molecule has 0 aliphatic carbocycles. The molecule has 0 atom stereocenters. The molecule has 2 aromatic carbocycles. The number of aromatic hydroxyl groups is 1. The third-order valence-corrected chi connectivity index (χ3v) is 4.00. The lowest BCUT2D eigenvalue weighted by Gasteiger charge is -2.08. The molecule has 0 aromatic heterocycles. The van der Waals surface area contributed by atoms with E-state index in [2.05, 4.69) is 21.2 Å². The molecule has 0 aliphatic heterocycles. The zero-order valence-electron chi connectivity index (χ0n) is 12.5. The Kier molecular flexibility index (Phi) is 5.85. The Balaban J connectivity index is 2.29. The number of hydrogen-bond acceptors (Lipinski definition) is 4. The van der Waals surface area contributed by atoms with Crippen LogP contribution in [0.5, 0.6) is 11.5 Å². The highest BCUT2D eigenvalue weighted by atomic mass is 79.9. The normalized spacial score (nSPS) is 10.8. The van der Waals surface area contributed by atoms with Crippen molar-refractivity contribution in [2.75, 3.05) is 12.4 Å². The minimum absolute atomic E-state index is 0.0950. The van der Waals surface area contributed by atoms with Crippen LogP contribution in [0, 0.1) is 11.3 Å². The van der Waals surface area contributed by atoms with E-state index in [0.717, 1.165) is 0 Å². The van der Waals surface area contributed by atoms with Crippen molar-refractivity contribution in [1.29, 1.82) is 5.26 Å². The van der Waals surface area contributed by atoms with Gasteiger partial charge >= 0.3 is 0 Å². The highest BCUT2D eigenvalue weighted by Crippen LogP contribution is 2.33. The molecule has 1 amide bonds. The standard InChI is InChI=1S/C17H12BrClN2O3/c1-24-16-8-14(18)10(7-15(16)22)6-11(9-20)17(23)21-13-4-2-12(19)3-5-13/h2-8,22H,1H3,(H,21,23)/b11-6+. The van der Waals surface area contributed by atoms with Crippen LogP contribution in [0.2, 0.25) is 5.02 Å². The van der Waals surface area contributed by atoms with Gasteiger partial charge in [-0.15, -0.1) is 0 Å². The van der Waals surface area contributed by atoms with Gasteiger partial charge in [-0.25, -0.2) is 0 Å². The molecule has 2 aromatic rings. The minimum atomic E-state index is -0.568. The summed E-state index contributed by atoms with van der Waals surface area (Å²) in [5, 5.41) is 22.2. The van der Waals surface area contributed by atoms with Crippen LogP contribution in [0.3, 0.4) is 0 Å². The van der Waals surface area contributed by atoms with E-state index in [1.807, 2.05) is 6.07 Å². The summed E-state index contributed by atoms with van der Waals surface area (Å²) in [4.78, 5) is 12.2. The number of phenols is 1. The molecular formula is C17H12BrClN2O3. The summed E-state index contributed by atoms with van der Waals surface area (Å²) in [7, 11) is 1.43. The number of hydrogen-bond donors (Lipinski definition) is 2. The summed E-state index contributed by atoms with van der Waals surface area (Å²) in [6.45, 7) is 0. The molecule has 0 radical (unpaired) electrons. The van der Waals surface area contributed by atoms with Gasteiger partial charge in [-0.1, -0.05) is 27.5 Å². The highest BCUT2D eigenvalue weighted by Gasteiger charge is 2.12. The summed E-state index contributed by atoms with van der Waals surface area (Å²) in [5.41, 5.74) is 0.869. The number of amides is 1. The van der Waals surface area contributed by atoms with Crippen molar-refractivity contribution < 1.29 is 14.6 Å². The SMILES string of the molecule is COc1cc(Br)c(/C=C(\C#N)C(=O)Nc2ccc(Cl)cc2)cc1O. The maximum atomic E-state index is 12.2. The second-order valence-corrected chi connectivity index (χ2v) is 5.97. The van der Waals surface area contributed by atoms with Gasteiger partial charge in [0.25, 0.3) is 5.91 Å². The van der Waals surface area contributed by atoms with Crippen LogP contribution < -0.4 is 10.1 Å². The van der Waals surface area contributed by atoms with Gasteiger partial charge < -0.3 is 15.2 Å². The number of ether oxygens (including phenoxy) is 1. The van der Waals surface area contributed by atoms with Crippen LogP contribution in [0.1, 0.15) is 5.56 Å². The van der Waals surface area contributed by atoms with Crippen LogP contribution in [0.4, 0.5) is 5.69 Å². The number of carbonyl (C=O) groups excluding carboxylic acids is 1. The fourth-order valence-electron chi connectivity index (χ4n) is 1.87. The Bertz CT molecular complexity index is 842. The van der Waals surface area contributed by atoms with Gasteiger partial charge in [0.1, 0.15) is 11.6 Å². The number of methoxy groups -OCH3 is 1. The van der Waals surface area contributed by atoms with E-state index in [0.29, 0.717) is 20.7 Å². The Labute approximate surface area is 152 Å². The van der Waals surface area contributed by atoms with Crippen LogP contribution in [-0.4, -0.2) is 18.1 Å². The van der Waals surface area contributed by atoms with E-state index in [4.69, 9.17) is 16.3 Å². The molecular weight excluding hydrogens is 396 g/mol. The topological polar surface area (TPSA) is 82.3 Å². The molecule has 2 rings (SSSR count). The fraction of sp³-hybridized carbons (Fsp3) is 0.0588. The van der Waals surface area contributed by atoms with Gasteiger partial charge in [0.05, 0.1) is 7.11 Å². The zero-order chi connectivity index (χ0) is 17.7. The van der Waals surface area contributed by atoms with Gasteiger partial charge in [0.2, 0.25) is 0 Å². The summed E-state index contributed by atoms with van der Waals surface area (Å²) in [6, 6.07) is 11.3. The van der Waals surface area contributed by atoms with E-state index in [-0.39, 0.29) is 17.1 Å². The first-order valence-electron chi connectivity index (χ1n) is 6.70. The number of benzene rings is 2. The molecule has 24 heavy (non-hydrogen) atoms. The molecule has 0 heterocycles. The Morgan fingerprint density at radius 2 is 2.04 bits per heavy atom. The monoisotopic (exact) mass is 406 g/mol. The van der Waals surface area contributed by atoms with Crippen LogP contribution >= 0.6 is 27.5 Å². The van der Waals surface area contributed by atoms with Crippen LogP contribution in [0.15, 0.2) is 46.4 Å². The molecule has 0 aliphatic rings. The highest BCUT2D eigenvalue weighted by molar-refractivity contribution is 9.10. The number of rotatable bonds is 4. The first-order valence-corrected chi connectivity index (χ1v) is 7.87. The third kappa shape index (κ3) is 4.28. The van der Waals surface area contributed by atoms with Gasteiger partial charge in [0.15, 0.2) is 11.5 Å². The smallest absolute Gasteiger partial charge is 0.266 e. The maximum Gasteiger partial charge on any atom is 0.266 e. The predicted octanol–water partition coefficient (Wildman–Crippen LogP) is 4.36. The summed E-state index contributed by atoms with van der Waals surface area (Å²) < 4.78 is 5.57. The van der Waals surface area contributed by atoms with Gasteiger partial charge in [-0.3, -0.25) is 4.79 Å². The molecule has 0 spiro atoms. The number of nitrogens with one attached hydrogen (secondary N) is 1. The number of nitrogens with zero attached hydrogens (tertiary/aromatic N) is 1. The molecule has 122 valence electrons. The third-order valence-electron chi connectivity index (χ3n) is 3.07. The lowest BCUT2D eigenvalue weighted by atomic mass is 10.1. The van der Waals surface area contributed by atoms with E-state index in [1.54, 1.807) is 30.3 Å². The number of halogens is 2. The van der Waals surface area contributed by atoms with Crippen LogP contribution in [0.25, 0.3) is 6.08 Å². The number of anilines is 1. The number of nitriles is 1. The average Bonchev–Trinajstić information content (AvgIpc) is 2.57. The predicted molar refractivity (Wildman–Crippen MR) is 96.0 cm³/mol. The van der Waals surface area contributed by atoms with Gasteiger partial charge in [-0.05, 0) is 48.0 Å². The van der Waals surface area contributed by atoms with Crippen molar-refractivity contribution in [2.45, 2.75) is 0 Å². The number of phenolic OH excluding ortho intramolecular Hbond substituents is 1. The quantitative estimate of drug-likeness (QED) is 0.583. The second-order valence-electron chi connectivity index (χ2n) is 4.68. The van der Waals surface area contributed by atoms with E-state index in [9.17, 15) is 15.2 Å². The minimum Gasteiger partial charge on any atom is -0.504 e. The van der Waals surface area contributed by atoms with Crippen molar-refractivity contribution in [3.8, 4) is 17.6 Å². The largest absolute Gasteiger partial charge is 0.504 e. The molecule has 0 saturated carbocycles. The van der Waals surface area contributed by atoms with Gasteiger partial charge in [0, 0.05) is 15.2 Å². The number of carbonyl (C=O) groups is 1. The Morgan fingerprint density at radius 3 is 2.62 bits per heavy atom. The van der Waals surface area contributed by atoms with Crippen molar-refractivity contribution in [1.82, 2.24) is 0 Å². The Hall–Kier alpha value is -2.49. The van der Waals surface area contributed by atoms with Crippen molar-refractivity contribution in [3.05, 3.63) is 57.0 Å². The van der Waals surface area contributed by atoms with Gasteiger partial charge in [-0.2, -0.15) is 5.26 Å². The zero-order valence-corrected chi connectivity index (χ0v) is 14.9. The first-order chi connectivity index (χ1) is 11.4. The molecule has 0 bridgehead atoms. The van der Waals surface area contributed by atoms with Crippen molar-refractivity contribution in [3.63, 3.8) is 0 Å². The first kappa shape index (κ1) is 17.9. The van der Waals surface area contributed by atoms with E-state index < -0.39 is 5.91 Å². The molecule has 0 fully saturated rings. The molecule has 5 nitrogen and oxygen atoms in total. The summed E-state index contributed by atoms with van der Waals surface area (Å²) in [6.07, 6.45) is 1.37. The lowest BCUT2D eigenvalue weighted by Crippen LogP contribution is -2.13. The summed E-state index contributed by atoms with van der Waals surface area (Å²) in [5.74, 6) is -0.382. The van der Waals surface area contributed by atoms with Crippen molar-refractivity contribution in [2.24, 2.45) is 0 Å². The Morgan fingerprint density at radius 1 is 1.38 bits per heavy atom. The maximum absolute atomic E-state index is 12.2. The summed E-state index contributed by atoms with van der Waals surface area (Å²) >= 11 is 9.10. The molecule has 0 saturated heterocycles. The van der Waals surface area contributed by atoms with E-state index in [1.165, 1.54) is 19.3 Å². The molecule has 7 heteroatoms. The van der Waals surface area contributed by atoms with Crippen molar-refractivity contribution >= 4 is 45.2 Å². The lowest BCUT2D eigenvalue weighted by molar-refractivity contribution is -0.112. The molecule has 0 unspecified atom stereocenters. The van der Waals surface area contributed by atoms with Crippen LogP contribution in [-0.2, 0) is 4.79 Å². The van der Waals surface area contributed by atoms with E-state index >= 15 is 0 Å². The second kappa shape index (κ2) is 7.86. The molecule has 2 N–H and O–H groups in total. The fourth-order valence-corrected chi connectivity index (χ4v) is 2.43. The average molecular weight is 408 g/mol.